The molecule has 0 unspecified atom stereocenters. The van der Waals surface area contributed by atoms with Crippen molar-refractivity contribution in [3.63, 3.8) is 0 Å². The Kier molecular flexibility index (Phi) is 3.98. The third kappa shape index (κ3) is 2.97. The summed E-state index contributed by atoms with van der Waals surface area (Å²) in [6.45, 7) is 0.775. The summed E-state index contributed by atoms with van der Waals surface area (Å²) in [6, 6.07) is 5.89. The minimum Gasteiger partial charge on any atom is -0.497 e. The SMILES string of the molecule is COc1ccc2nc(CCCCCN)[nH]c2c1. The van der Waals surface area contributed by atoms with Crippen molar-refractivity contribution in [2.45, 2.75) is 25.7 Å². The number of ether oxygens (including phenoxy) is 1. The molecule has 3 N–H and O–H groups in total. The molecule has 0 aliphatic carbocycles. The predicted octanol–water partition coefficient (Wildman–Crippen LogP) is 2.24. The molecule has 1 aromatic heterocycles. The largest absolute Gasteiger partial charge is 0.497 e. The number of benzene rings is 1. The van der Waals surface area contributed by atoms with E-state index in [1.807, 2.05) is 18.2 Å². The fourth-order valence-corrected chi connectivity index (χ4v) is 1.90. The molecule has 1 aromatic carbocycles. The van der Waals surface area contributed by atoms with E-state index >= 15 is 0 Å². The number of fused-ring (bicyclic) bond motifs is 1. The van der Waals surface area contributed by atoms with E-state index in [4.69, 9.17) is 10.5 Å². The zero-order chi connectivity index (χ0) is 12.1. The Balaban J connectivity index is 2.04. The maximum Gasteiger partial charge on any atom is 0.121 e. The van der Waals surface area contributed by atoms with E-state index in [0.29, 0.717) is 0 Å². The number of aromatic amines is 1. The lowest BCUT2D eigenvalue weighted by Crippen LogP contribution is -1.98. The van der Waals surface area contributed by atoms with E-state index in [2.05, 4.69) is 9.97 Å². The monoisotopic (exact) mass is 233 g/mol. The molecule has 17 heavy (non-hydrogen) atoms. The van der Waals surface area contributed by atoms with Crippen LogP contribution in [0.2, 0.25) is 0 Å². The number of unbranched alkanes of at least 4 members (excludes halogenated alkanes) is 2. The minimum atomic E-state index is 0.775. The number of hydrogen-bond acceptors (Lipinski definition) is 3. The molecule has 0 bridgehead atoms. The van der Waals surface area contributed by atoms with Crippen LogP contribution in [0.4, 0.5) is 0 Å². The average molecular weight is 233 g/mol. The number of aryl methyl sites for hydroxylation is 1. The first-order valence-corrected chi connectivity index (χ1v) is 6.06. The first kappa shape index (κ1) is 11.9. The van der Waals surface area contributed by atoms with Gasteiger partial charge in [-0.2, -0.15) is 0 Å². The van der Waals surface area contributed by atoms with Crippen LogP contribution in [-0.4, -0.2) is 23.6 Å². The molecule has 4 nitrogen and oxygen atoms in total. The van der Waals surface area contributed by atoms with Crippen LogP contribution in [0.5, 0.6) is 5.75 Å². The van der Waals surface area contributed by atoms with Crippen LogP contribution >= 0.6 is 0 Å². The maximum absolute atomic E-state index is 5.46. The van der Waals surface area contributed by atoms with Crippen LogP contribution in [0, 0.1) is 0 Å². The summed E-state index contributed by atoms with van der Waals surface area (Å²) in [6.07, 6.45) is 4.37. The van der Waals surface area contributed by atoms with Crippen molar-refractivity contribution in [2.24, 2.45) is 5.73 Å². The fraction of sp³-hybridized carbons (Fsp3) is 0.462. The van der Waals surface area contributed by atoms with E-state index in [1.165, 1.54) is 0 Å². The second kappa shape index (κ2) is 5.68. The number of hydrogen-bond donors (Lipinski definition) is 2. The summed E-state index contributed by atoms with van der Waals surface area (Å²) in [5.74, 6) is 1.90. The van der Waals surface area contributed by atoms with Gasteiger partial charge in [-0.15, -0.1) is 0 Å². The Hall–Kier alpha value is -1.55. The molecule has 0 aliphatic heterocycles. The highest BCUT2D eigenvalue weighted by molar-refractivity contribution is 5.76. The van der Waals surface area contributed by atoms with Crippen molar-refractivity contribution in [1.29, 1.82) is 0 Å². The quantitative estimate of drug-likeness (QED) is 0.752. The van der Waals surface area contributed by atoms with Gasteiger partial charge in [0.2, 0.25) is 0 Å². The van der Waals surface area contributed by atoms with Crippen LogP contribution in [0.1, 0.15) is 25.1 Å². The highest BCUT2D eigenvalue weighted by Gasteiger charge is 2.03. The van der Waals surface area contributed by atoms with Crippen molar-refractivity contribution in [3.8, 4) is 5.75 Å². The molecule has 0 saturated carbocycles. The molecule has 0 radical (unpaired) electrons. The number of nitrogens with two attached hydrogens (primary N) is 1. The topological polar surface area (TPSA) is 63.9 Å². The fourth-order valence-electron chi connectivity index (χ4n) is 1.90. The Bertz CT molecular complexity index is 478. The summed E-state index contributed by atoms with van der Waals surface area (Å²) in [7, 11) is 1.67. The summed E-state index contributed by atoms with van der Waals surface area (Å²) in [5.41, 5.74) is 7.50. The smallest absolute Gasteiger partial charge is 0.121 e. The van der Waals surface area contributed by atoms with Crippen molar-refractivity contribution < 1.29 is 4.74 Å². The van der Waals surface area contributed by atoms with Gasteiger partial charge in [0, 0.05) is 12.5 Å². The van der Waals surface area contributed by atoms with Gasteiger partial charge in [0.1, 0.15) is 11.6 Å². The van der Waals surface area contributed by atoms with E-state index in [9.17, 15) is 0 Å². The average Bonchev–Trinajstić information content (AvgIpc) is 2.76. The van der Waals surface area contributed by atoms with Crippen molar-refractivity contribution in [1.82, 2.24) is 9.97 Å². The second-order valence-electron chi connectivity index (χ2n) is 4.17. The summed E-state index contributed by atoms with van der Waals surface area (Å²) in [5, 5.41) is 0. The van der Waals surface area contributed by atoms with Crippen LogP contribution in [0.15, 0.2) is 18.2 Å². The lowest BCUT2D eigenvalue weighted by Gasteiger charge is -1.97. The summed E-state index contributed by atoms with van der Waals surface area (Å²) in [4.78, 5) is 7.87. The minimum absolute atomic E-state index is 0.775. The first-order chi connectivity index (χ1) is 8.33. The van der Waals surface area contributed by atoms with Crippen molar-refractivity contribution in [3.05, 3.63) is 24.0 Å². The van der Waals surface area contributed by atoms with Gasteiger partial charge in [0.05, 0.1) is 18.1 Å². The van der Waals surface area contributed by atoms with Gasteiger partial charge in [0.15, 0.2) is 0 Å². The molecule has 2 aromatic rings. The number of aromatic nitrogens is 2. The third-order valence-corrected chi connectivity index (χ3v) is 2.86. The van der Waals surface area contributed by atoms with Gasteiger partial charge in [-0.05, 0) is 31.5 Å². The Morgan fingerprint density at radius 2 is 2.18 bits per heavy atom. The van der Waals surface area contributed by atoms with E-state index in [1.54, 1.807) is 7.11 Å². The standard InChI is InChI=1S/C13H19N3O/c1-17-10-6-7-11-12(9-10)16-13(15-11)5-3-2-4-8-14/h6-7,9H,2-5,8,14H2,1H3,(H,15,16). The highest BCUT2D eigenvalue weighted by Crippen LogP contribution is 2.19. The highest BCUT2D eigenvalue weighted by atomic mass is 16.5. The Labute approximate surface area is 101 Å². The lowest BCUT2D eigenvalue weighted by atomic mass is 10.2. The van der Waals surface area contributed by atoms with Gasteiger partial charge >= 0.3 is 0 Å². The number of imidazole rings is 1. The van der Waals surface area contributed by atoms with Gasteiger partial charge in [-0.1, -0.05) is 6.42 Å². The molecule has 4 heteroatoms. The number of H-pyrrole nitrogens is 1. The van der Waals surface area contributed by atoms with Gasteiger partial charge in [-0.3, -0.25) is 0 Å². The van der Waals surface area contributed by atoms with Crippen molar-refractivity contribution in [2.75, 3.05) is 13.7 Å². The van der Waals surface area contributed by atoms with Crippen LogP contribution in [0.25, 0.3) is 11.0 Å². The second-order valence-corrected chi connectivity index (χ2v) is 4.17. The van der Waals surface area contributed by atoms with Crippen LogP contribution in [-0.2, 0) is 6.42 Å². The zero-order valence-corrected chi connectivity index (χ0v) is 10.2. The molecular weight excluding hydrogens is 214 g/mol. The molecule has 92 valence electrons. The molecule has 0 amide bonds. The summed E-state index contributed by atoms with van der Waals surface area (Å²) >= 11 is 0. The zero-order valence-electron chi connectivity index (χ0n) is 10.2. The van der Waals surface area contributed by atoms with E-state index in [0.717, 1.165) is 54.8 Å². The maximum atomic E-state index is 5.46. The summed E-state index contributed by atoms with van der Waals surface area (Å²) < 4.78 is 5.18. The molecule has 2 rings (SSSR count). The third-order valence-electron chi connectivity index (χ3n) is 2.86. The normalized spacial score (nSPS) is 10.9. The molecular formula is C13H19N3O. The Morgan fingerprint density at radius 1 is 1.29 bits per heavy atom. The van der Waals surface area contributed by atoms with Crippen LogP contribution in [0.3, 0.4) is 0 Å². The lowest BCUT2D eigenvalue weighted by molar-refractivity contribution is 0.415. The molecule has 0 fully saturated rings. The predicted molar refractivity (Wildman–Crippen MR) is 69.3 cm³/mol. The number of nitrogens with zero attached hydrogens (tertiary/aromatic N) is 1. The van der Waals surface area contributed by atoms with Gasteiger partial charge < -0.3 is 15.5 Å². The van der Waals surface area contributed by atoms with Crippen molar-refractivity contribution >= 4 is 11.0 Å². The molecule has 0 saturated heterocycles. The number of methoxy groups -OCH3 is 1. The van der Waals surface area contributed by atoms with E-state index < -0.39 is 0 Å². The number of nitrogens with one attached hydrogen (secondary N) is 1. The van der Waals surface area contributed by atoms with Gasteiger partial charge in [-0.25, -0.2) is 4.98 Å². The molecule has 0 atom stereocenters. The molecule has 0 aliphatic rings. The molecule has 0 spiro atoms. The van der Waals surface area contributed by atoms with Gasteiger partial charge in [0.25, 0.3) is 0 Å². The van der Waals surface area contributed by atoms with Crippen LogP contribution < -0.4 is 10.5 Å². The number of rotatable bonds is 6. The van der Waals surface area contributed by atoms with E-state index in [-0.39, 0.29) is 0 Å². The first-order valence-electron chi connectivity index (χ1n) is 6.06. The molecule has 1 heterocycles. The Morgan fingerprint density at radius 3 is 2.94 bits per heavy atom.